The van der Waals surface area contributed by atoms with Crippen molar-refractivity contribution in [1.29, 1.82) is 5.26 Å². The fraction of sp³-hybridized carbons (Fsp3) is 0.455. The summed E-state index contributed by atoms with van der Waals surface area (Å²) in [6.45, 7) is 6.90. The number of carbonyl (C=O) groups excluding carboxylic acids is 1. The van der Waals surface area contributed by atoms with Gasteiger partial charge in [-0.05, 0) is 69.4 Å². The molecule has 26 heavy (non-hydrogen) atoms. The minimum absolute atomic E-state index is 0.226. The Bertz CT molecular complexity index is 887. The van der Waals surface area contributed by atoms with Crippen molar-refractivity contribution in [3.63, 3.8) is 0 Å². The first-order chi connectivity index (χ1) is 12.5. The molecule has 0 spiro atoms. The second-order valence-electron chi connectivity index (χ2n) is 7.89. The van der Waals surface area contributed by atoms with Crippen LogP contribution in [0.1, 0.15) is 53.5 Å². The maximum atomic E-state index is 13.0. The van der Waals surface area contributed by atoms with Gasteiger partial charge in [-0.25, -0.2) is 0 Å². The predicted octanol–water partition coefficient (Wildman–Crippen LogP) is 4.02. The summed E-state index contributed by atoms with van der Waals surface area (Å²) < 4.78 is 2.11. The van der Waals surface area contributed by atoms with Gasteiger partial charge < -0.3 is 4.57 Å². The van der Waals surface area contributed by atoms with Gasteiger partial charge in [-0.15, -0.1) is 0 Å². The van der Waals surface area contributed by atoms with Crippen LogP contribution in [-0.2, 0) is 0 Å². The van der Waals surface area contributed by atoms with Crippen LogP contribution in [0.15, 0.2) is 30.3 Å². The van der Waals surface area contributed by atoms with Crippen LogP contribution in [0.2, 0.25) is 0 Å². The van der Waals surface area contributed by atoms with Gasteiger partial charge in [0.2, 0.25) is 0 Å². The summed E-state index contributed by atoms with van der Waals surface area (Å²) in [4.78, 5) is 15.5. The second kappa shape index (κ2) is 6.41. The molecule has 2 bridgehead atoms. The lowest BCUT2D eigenvalue weighted by Gasteiger charge is -2.21. The highest BCUT2D eigenvalue weighted by Crippen LogP contribution is 2.41. The van der Waals surface area contributed by atoms with Crippen molar-refractivity contribution in [3.05, 3.63) is 52.8 Å². The maximum absolute atomic E-state index is 13.0. The number of ketones is 1. The van der Waals surface area contributed by atoms with Crippen molar-refractivity contribution in [2.75, 3.05) is 6.54 Å². The number of hydrogen-bond acceptors (Lipinski definition) is 3. The maximum Gasteiger partial charge on any atom is 0.178 e. The van der Waals surface area contributed by atoms with Gasteiger partial charge in [0.15, 0.2) is 5.78 Å². The van der Waals surface area contributed by atoms with Gasteiger partial charge in [0.05, 0.1) is 18.2 Å². The third kappa shape index (κ3) is 2.68. The van der Waals surface area contributed by atoms with Crippen LogP contribution in [0.25, 0.3) is 5.69 Å². The summed E-state index contributed by atoms with van der Waals surface area (Å²) in [6, 6.07) is 12.9. The third-order valence-electron chi connectivity index (χ3n) is 6.30. The lowest BCUT2D eigenvalue weighted by atomic mass is 9.91. The van der Waals surface area contributed by atoms with Crippen LogP contribution >= 0.6 is 0 Å². The average molecular weight is 347 g/mol. The number of nitriles is 1. The van der Waals surface area contributed by atoms with Gasteiger partial charge in [-0.2, -0.15) is 5.26 Å². The standard InChI is InChI=1S/C22H25N3O/c1-14-10-19-8-9-21(14)24(19)13-22(26)20-11-15(2)25(16(20)3)18-6-4-17(12-23)5-7-18/h4-7,11,14,19,21H,8-10,13H2,1-3H3/t14-,19?,21?/m0/s1. The van der Waals surface area contributed by atoms with Gasteiger partial charge in [-0.1, -0.05) is 6.92 Å². The first-order valence-electron chi connectivity index (χ1n) is 9.48. The number of rotatable bonds is 4. The van der Waals surface area contributed by atoms with E-state index < -0.39 is 0 Å². The lowest BCUT2D eigenvalue weighted by molar-refractivity contribution is 0.0913. The van der Waals surface area contributed by atoms with Crippen LogP contribution in [0, 0.1) is 31.1 Å². The van der Waals surface area contributed by atoms with Crippen LogP contribution < -0.4 is 0 Å². The summed E-state index contributed by atoms with van der Waals surface area (Å²) in [5, 5.41) is 8.98. The Morgan fingerprint density at radius 2 is 1.96 bits per heavy atom. The normalized spacial score (nSPS) is 24.8. The van der Waals surface area contributed by atoms with Crippen LogP contribution in [0.3, 0.4) is 0 Å². The van der Waals surface area contributed by atoms with Gasteiger partial charge in [0, 0.05) is 34.7 Å². The highest BCUT2D eigenvalue weighted by Gasteiger charge is 2.44. The fourth-order valence-electron chi connectivity index (χ4n) is 5.04. The van der Waals surface area contributed by atoms with E-state index in [9.17, 15) is 4.79 Å². The molecule has 134 valence electrons. The van der Waals surface area contributed by atoms with Crippen molar-refractivity contribution in [2.45, 2.75) is 52.1 Å². The average Bonchev–Trinajstić information content (AvgIpc) is 3.25. The van der Waals surface area contributed by atoms with E-state index in [1.807, 2.05) is 44.2 Å². The number of fused-ring (bicyclic) bond motifs is 2. The Morgan fingerprint density at radius 3 is 2.54 bits per heavy atom. The van der Waals surface area contributed by atoms with E-state index in [0.29, 0.717) is 30.1 Å². The first kappa shape index (κ1) is 17.1. The molecule has 2 unspecified atom stereocenters. The number of aryl methyl sites for hydroxylation is 1. The molecule has 2 aliphatic heterocycles. The molecule has 2 aliphatic rings. The van der Waals surface area contributed by atoms with Crippen LogP contribution in [0.5, 0.6) is 0 Å². The van der Waals surface area contributed by atoms with E-state index in [-0.39, 0.29) is 5.78 Å². The molecule has 0 radical (unpaired) electrons. The molecule has 3 heterocycles. The Kier molecular flexibility index (Phi) is 4.20. The lowest BCUT2D eigenvalue weighted by Crippen LogP contribution is -2.35. The van der Waals surface area contributed by atoms with Crippen molar-refractivity contribution < 1.29 is 4.79 Å². The molecular formula is C22H25N3O. The molecule has 1 aromatic heterocycles. The Hall–Kier alpha value is -2.38. The summed E-state index contributed by atoms with van der Waals surface area (Å²) >= 11 is 0. The molecule has 0 amide bonds. The molecule has 0 aliphatic carbocycles. The van der Waals surface area contributed by atoms with Crippen molar-refractivity contribution in [3.8, 4) is 11.8 Å². The quantitative estimate of drug-likeness (QED) is 0.785. The molecule has 2 fully saturated rings. The zero-order chi connectivity index (χ0) is 18.4. The predicted molar refractivity (Wildman–Crippen MR) is 102 cm³/mol. The second-order valence-corrected chi connectivity index (χ2v) is 7.89. The number of hydrogen-bond donors (Lipinski definition) is 0. The first-order valence-corrected chi connectivity index (χ1v) is 9.48. The summed E-state index contributed by atoms with van der Waals surface area (Å²) in [6.07, 6.45) is 3.72. The number of Topliss-reactive ketones (excluding diaryl/α,β-unsaturated/α-hetero) is 1. The molecular weight excluding hydrogens is 322 g/mol. The van der Waals surface area contributed by atoms with Crippen molar-refractivity contribution in [2.24, 2.45) is 5.92 Å². The van der Waals surface area contributed by atoms with E-state index >= 15 is 0 Å². The zero-order valence-corrected chi connectivity index (χ0v) is 15.7. The van der Waals surface area contributed by atoms with Crippen molar-refractivity contribution in [1.82, 2.24) is 9.47 Å². The molecule has 0 saturated carbocycles. The van der Waals surface area contributed by atoms with Crippen molar-refractivity contribution >= 4 is 5.78 Å². The highest BCUT2D eigenvalue weighted by atomic mass is 16.1. The number of benzene rings is 1. The van der Waals surface area contributed by atoms with Gasteiger partial charge in [0.25, 0.3) is 0 Å². The van der Waals surface area contributed by atoms with Crippen LogP contribution in [-0.4, -0.2) is 33.9 Å². The van der Waals surface area contributed by atoms with Gasteiger partial charge in [-0.3, -0.25) is 9.69 Å². The fourth-order valence-corrected chi connectivity index (χ4v) is 5.04. The van der Waals surface area contributed by atoms with Crippen LogP contribution in [0.4, 0.5) is 0 Å². The smallest absolute Gasteiger partial charge is 0.178 e. The van der Waals surface area contributed by atoms with Gasteiger partial charge >= 0.3 is 0 Å². The molecule has 0 N–H and O–H groups in total. The molecule has 3 atom stereocenters. The minimum Gasteiger partial charge on any atom is -0.318 e. The number of carbonyl (C=O) groups is 1. The summed E-state index contributed by atoms with van der Waals surface area (Å²) in [5.74, 6) is 0.941. The molecule has 4 nitrogen and oxygen atoms in total. The third-order valence-corrected chi connectivity index (χ3v) is 6.30. The Morgan fingerprint density at radius 1 is 1.23 bits per heavy atom. The molecule has 1 aromatic carbocycles. The molecule has 2 aromatic rings. The Labute approximate surface area is 155 Å². The monoisotopic (exact) mass is 347 g/mol. The highest BCUT2D eigenvalue weighted by molar-refractivity contribution is 5.99. The SMILES string of the molecule is Cc1cc(C(=O)CN2C3CCC2[C@@H](C)C3)c(C)n1-c1ccc(C#N)cc1. The summed E-state index contributed by atoms with van der Waals surface area (Å²) in [5.41, 5.74) is 4.50. The molecule has 4 heteroatoms. The van der Waals surface area contributed by atoms with Gasteiger partial charge in [0.1, 0.15) is 0 Å². The minimum atomic E-state index is 0.226. The van der Waals surface area contributed by atoms with E-state index in [2.05, 4.69) is 22.5 Å². The topological polar surface area (TPSA) is 49.0 Å². The number of nitrogens with zero attached hydrogens (tertiary/aromatic N) is 3. The van der Waals surface area contributed by atoms with E-state index in [1.54, 1.807) is 0 Å². The number of aromatic nitrogens is 1. The van der Waals surface area contributed by atoms with E-state index in [1.165, 1.54) is 19.3 Å². The molecule has 4 rings (SSSR count). The largest absolute Gasteiger partial charge is 0.318 e. The molecule has 2 saturated heterocycles. The van der Waals surface area contributed by atoms with E-state index in [4.69, 9.17) is 5.26 Å². The Balaban J connectivity index is 1.60. The summed E-state index contributed by atoms with van der Waals surface area (Å²) in [7, 11) is 0. The zero-order valence-electron chi connectivity index (χ0n) is 15.7. The van der Waals surface area contributed by atoms with E-state index in [0.717, 1.165) is 22.6 Å².